The van der Waals surface area contributed by atoms with Crippen molar-refractivity contribution in [1.82, 2.24) is 0 Å². The van der Waals surface area contributed by atoms with Crippen LogP contribution in [0.4, 0.5) is 0 Å². The monoisotopic (exact) mass is 700 g/mol. The molecule has 5 rings (SSSR count). The van der Waals surface area contributed by atoms with Crippen molar-refractivity contribution >= 4 is 10.4 Å². The quantitative estimate of drug-likeness (QED) is 0.101. The molecule has 0 radical (unpaired) electrons. The third-order valence-electron chi connectivity index (χ3n) is 13.3. The molecule has 1 aliphatic heterocycles. The topological polar surface area (TPSA) is 195 Å². The Morgan fingerprint density at radius 2 is 1.64 bits per heavy atom. The fraction of sp³-hybridized carbons (Fsp3) is 1.00. The summed E-state index contributed by atoms with van der Waals surface area (Å²) in [5, 5.41) is 56.8. The van der Waals surface area contributed by atoms with Gasteiger partial charge in [0, 0.05) is 19.4 Å². The van der Waals surface area contributed by atoms with Gasteiger partial charge in [0.25, 0.3) is 0 Å². The van der Waals surface area contributed by atoms with Gasteiger partial charge < -0.3 is 44.3 Å². The van der Waals surface area contributed by atoms with E-state index in [1.807, 2.05) is 13.8 Å². The first-order valence-corrected chi connectivity index (χ1v) is 18.6. The minimum absolute atomic E-state index is 0. The SMILES string of the molecule is CO[C@@H]1[C@@H](O)[C@H](OC(CC[C@@H](C)[C@H]2C[C@H](O)[C@@H]3[C@]2(C)CC[C@@H]2[C@@]4(C)CC[C@H](O)C[C@@H]4[C@@H](O)C[C@]23O)C(C)C)O[C@H]1COS(=O)(=O)[O-].[Na+]. The normalized spacial score (nSPS) is 47.9. The van der Waals surface area contributed by atoms with Crippen molar-refractivity contribution < 1.29 is 86.5 Å². The zero-order valence-corrected chi connectivity index (χ0v) is 32.0. The predicted molar refractivity (Wildman–Crippen MR) is 165 cm³/mol. The van der Waals surface area contributed by atoms with E-state index in [0.29, 0.717) is 25.7 Å². The van der Waals surface area contributed by atoms with Crippen LogP contribution in [0.2, 0.25) is 0 Å². The van der Waals surface area contributed by atoms with Crippen molar-refractivity contribution in [2.45, 2.75) is 147 Å². The molecule has 0 bridgehead atoms. The molecule has 1 heterocycles. The van der Waals surface area contributed by atoms with Crippen molar-refractivity contribution in [2.75, 3.05) is 13.7 Å². The maximum atomic E-state index is 12.5. The summed E-state index contributed by atoms with van der Waals surface area (Å²) in [6.45, 7) is 10.00. The first kappa shape index (κ1) is 40.3. The molecular formula is C33H57NaO12S. The van der Waals surface area contributed by atoms with E-state index >= 15 is 0 Å². The average Bonchev–Trinajstić information content (AvgIpc) is 3.41. The molecule has 5 aliphatic rings. The molecule has 0 amide bonds. The van der Waals surface area contributed by atoms with Gasteiger partial charge in [-0.1, -0.05) is 34.6 Å². The maximum Gasteiger partial charge on any atom is 1.00 e. The molecule has 14 heteroatoms. The van der Waals surface area contributed by atoms with Crippen LogP contribution in [0.1, 0.15) is 92.4 Å². The Kier molecular flexibility index (Phi) is 12.8. The van der Waals surface area contributed by atoms with Gasteiger partial charge in [0.1, 0.15) is 18.3 Å². The summed E-state index contributed by atoms with van der Waals surface area (Å²) < 4.78 is 54.6. The van der Waals surface area contributed by atoms with Crippen LogP contribution in [0.15, 0.2) is 0 Å². The molecule has 0 spiro atoms. The largest absolute Gasteiger partial charge is 1.00 e. The zero-order valence-electron chi connectivity index (χ0n) is 29.2. The van der Waals surface area contributed by atoms with Crippen LogP contribution in [0.3, 0.4) is 0 Å². The van der Waals surface area contributed by atoms with E-state index in [-0.39, 0.29) is 88.4 Å². The van der Waals surface area contributed by atoms with Crippen molar-refractivity contribution in [3.63, 3.8) is 0 Å². The number of hydrogen-bond donors (Lipinski definition) is 5. The van der Waals surface area contributed by atoms with Crippen LogP contribution in [0, 0.1) is 46.3 Å². The number of rotatable bonds is 11. The van der Waals surface area contributed by atoms with Crippen LogP contribution in [0.5, 0.6) is 0 Å². The van der Waals surface area contributed by atoms with Crippen LogP contribution in [-0.4, -0.2) is 107 Å². The third kappa shape index (κ3) is 7.56. The van der Waals surface area contributed by atoms with Crippen molar-refractivity contribution in [3.05, 3.63) is 0 Å². The van der Waals surface area contributed by atoms with Gasteiger partial charge in [-0.3, -0.25) is 4.18 Å². The summed E-state index contributed by atoms with van der Waals surface area (Å²) in [5.74, 6) is -0.0767. The van der Waals surface area contributed by atoms with Crippen LogP contribution in [0.25, 0.3) is 0 Å². The van der Waals surface area contributed by atoms with E-state index < -0.39 is 65.5 Å². The van der Waals surface area contributed by atoms with Gasteiger partial charge in [-0.05, 0) is 91.8 Å². The summed E-state index contributed by atoms with van der Waals surface area (Å²) in [6.07, 6.45) is -0.516. The van der Waals surface area contributed by atoms with Gasteiger partial charge in [0.15, 0.2) is 6.29 Å². The fourth-order valence-electron chi connectivity index (χ4n) is 11.2. The van der Waals surface area contributed by atoms with E-state index in [4.69, 9.17) is 14.2 Å². The van der Waals surface area contributed by atoms with Gasteiger partial charge in [0.2, 0.25) is 10.4 Å². The average molecular weight is 701 g/mol. The van der Waals surface area contributed by atoms with E-state index in [0.717, 1.165) is 25.7 Å². The molecule has 5 N–H and O–H groups in total. The number of fused-ring (bicyclic) bond motifs is 5. The molecule has 4 aliphatic carbocycles. The molecule has 0 aromatic heterocycles. The molecule has 5 fully saturated rings. The van der Waals surface area contributed by atoms with Gasteiger partial charge in [-0.25, -0.2) is 8.42 Å². The standard InChI is InChI=1S/C33H58O12S.Na/c1-17(2)24(44-30-27(37)28(42-6)25(45-30)16-43-46(39,40)41)8-7-18(3)20-14-22(35)29-32(20,5)12-10-26-31(4)11-9-19(34)13-21(31)23(36)15-33(26,29)38;/h17-30,34-38H,7-16H2,1-6H3,(H,39,40,41);/q;+1/p-1/t18-,19+,20-,21-,22+,23+,24?,25+,26-,27-,28+,29-,30-,31+,32-,33+;/m1./s1. The Bertz CT molecular complexity index is 1180. The molecule has 1 unspecified atom stereocenters. The van der Waals surface area contributed by atoms with E-state index in [9.17, 15) is 38.5 Å². The Morgan fingerprint density at radius 1 is 0.979 bits per heavy atom. The molecule has 12 nitrogen and oxygen atoms in total. The first-order valence-electron chi connectivity index (χ1n) is 17.2. The third-order valence-corrected chi connectivity index (χ3v) is 13.7. The Balaban J connectivity index is 0.00000500. The first-order chi connectivity index (χ1) is 21.4. The number of aliphatic hydroxyl groups is 5. The number of methoxy groups -OCH3 is 1. The zero-order chi connectivity index (χ0) is 34.0. The molecule has 4 saturated carbocycles. The number of aliphatic hydroxyl groups excluding tert-OH is 4. The molecule has 0 aromatic rings. The Hall–Kier alpha value is 0.550. The van der Waals surface area contributed by atoms with Crippen LogP contribution in [-0.2, 0) is 28.8 Å². The summed E-state index contributed by atoms with van der Waals surface area (Å²) in [6, 6.07) is 0. The molecule has 1 saturated heterocycles. The minimum atomic E-state index is -4.95. The number of ether oxygens (including phenoxy) is 3. The molecule has 0 aromatic carbocycles. The van der Waals surface area contributed by atoms with E-state index in [2.05, 4.69) is 25.0 Å². The van der Waals surface area contributed by atoms with Gasteiger partial charge >= 0.3 is 29.6 Å². The second-order valence-corrected chi connectivity index (χ2v) is 17.2. The fourth-order valence-corrected chi connectivity index (χ4v) is 11.5. The van der Waals surface area contributed by atoms with Gasteiger partial charge in [0.05, 0.1) is 36.6 Å². The van der Waals surface area contributed by atoms with E-state index in [1.165, 1.54) is 7.11 Å². The van der Waals surface area contributed by atoms with Crippen LogP contribution >= 0.6 is 0 Å². The number of hydrogen-bond acceptors (Lipinski definition) is 12. The molecular weight excluding hydrogens is 643 g/mol. The predicted octanol–water partition coefficient (Wildman–Crippen LogP) is -0.898. The molecule has 268 valence electrons. The van der Waals surface area contributed by atoms with Gasteiger partial charge in [-0.2, -0.15) is 0 Å². The van der Waals surface area contributed by atoms with Crippen molar-refractivity contribution in [2.24, 2.45) is 46.3 Å². The smallest absolute Gasteiger partial charge is 0.726 e. The summed E-state index contributed by atoms with van der Waals surface area (Å²) in [5.41, 5.74) is -1.79. The van der Waals surface area contributed by atoms with E-state index in [1.54, 1.807) is 0 Å². The van der Waals surface area contributed by atoms with Gasteiger partial charge in [-0.15, -0.1) is 0 Å². The second kappa shape index (κ2) is 14.9. The maximum absolute atomic E-state index is 12.5. The van der Waals surface area contributed by atoms with Crippen LogP contribution < -0.4 is 29.6 Å². The Morgan fingerprint density at radius 3 is 2.26 bits per heavy atom. The minimum Gasteiger partial charge on any atom is -0.726 e. The Labute approximate surface area is 302 Å². The second-order valence-electron chi connectivity index (χ2n) is 16.2. The van der Waals surface area contributed by atoms with Crippen molar-refractivity contribution in [3.8, 4) is 0 Å². The molecule has 47 heavy (non-hydrogen) atoms. The summed E-state index contributed by atoms with van der Waals surface area (Å²) in [7, 11) is -3.60. The summed E-state index contributed by atoms with van der Waals surface area (Å²) in [4.78, 5) is 0. The van der Waals surface area contributed by atoms with Crippen molar-refractivity contribution in [1.29, 1.82) is 0 Å². The molecule has 16 atom stereocenters. The summed E-state index contributed by atoms with van der Waals surface area (Å²) >= 11 is 0.